The highest BCUT2D eigenvalue weighted by Crippen LogP contribution is 2.14. The summed E-state index contributed by atoms with van der Waals surface area (Å²) >= 11 is 0. The number of hydrogen-bond donors (Lipinski definition) is 3. The Morgan fingerprint density at radius 2 is 2.08 bits per heavy atom. The normalized spacial score (nSPS) is 9.92. The van der Waals surface area contributed by atoms with Crippen LogP contribution < -0.4 is 16.6 Å². The molecule has 0 aliphatic rings. The van der Waals surface area contributed by atoms with E-state index < -0.39 is 0 Å². The summed E-state index contributed by atoms with van der Waals surface area (Å²) in [5.41, 5.74) is 6.19. The molecule has 0 fully saturated rings. The fourth-order valence-corrected chi connectivity index (χ4v) is 1.16. The maximum Gasteiger partial charge on any atom is 0.0780 e. The molecule has 1 aromatic rings. The van der Waals surface area contributed by atoms with Gasteiger partial charge in [-0.2, -0.15) is 0 Å². The lowest BCUT2D eigenvalue weighted by atomic mass is 10.1. The van der Waals surface area contributed by atoms with Gasteiger partial charge in [0.1, 0.15) is 0 Å². The first kappa shape index (κ1) is 9.03. The summed E-state index contributed by atoms with van der Waals surface area (Å²) in [5.74, 6) is 5.14. The van der Waals surface area contributed by atoms with E-state index in [0.717, 1.165) is 5.69 Å². The van der Waals surface area contributed by atoms with Crippen LogP contribution in [0.25, 0.3) is 0 Å². The highest BCUT2D eigenvalue weighted by molar-refractivity contribution is 5.51. The average Bonchev–Trinajstić information content (AvgIpc) is 2.03. The number of anilines is 1. The summed E-state index contributed by atoms with van der Waals surface area (Å²) < 4.78 is 0. The predicted octanol–water partition coefficient (Wildman–Crippen LogP) is 1.14. The second kappa shape index (κ2) is 4.09. The van der Waals surface area contributed by atoms with Crippen molar-refractivity contribution in [1.82, 2.24) is 5.43 Å². The molecule has 0 spiro atoms. The Kier molecular flexibility index (Phi) is 3.08. The predicted molar refractivity (Wildman–Crippen MR) is 51.7 cm³/mol. The van der Waals surface area contributed by atoms with Crippen molar-refractivity contribution in [3.63, 3.8) is 0 Å². The molecule has 0 heterocycles. The molecule has 3 heteroatoms. The fraction of sp³-hybridized carbons (Fsp3) is 0.333. The Hall–Kier alpha value is -1.06. The van der Waals surface area contributed by atoms with Crippen molar-refractivity contribution in [2.24, 2.45) is 5.84 Å². The summed E-state index contributed by atoms with van der Waals surface area (Å²) in [6.45, 7) is 4.74. The molecule has 0 radical (unpaired) electrons. The van der Waals surface area contributed by atoms with Gasteiger partial charge in [0.2, 0.25) is 0 Å². The van der Waals surface area contributed by atoms with Crippen molar-refractivity contribution in [1.29, 1.82) is 0 Å². The largest absolute Gasteiger partial charge is 0.371 e. The molecule has 0 atom stereocenters. The van der Waals surface area contributed by atoms with Crippen LogP contribution in [-0.4, -0.2) is 6.67 Å². The first-order valence-electron chi connectivity index (χ1n) is 3.98. The zero-order chi connectivity index (χ0) is 8.97. The van der Waals surface area contributed by atoms with Crippen molar-refractivity contribution in [3.05, 3.63) is 29.3 Å². The summed E-state index contributed by atoms with van der Waals surface area (Å²) in [7, 11) is 0. The van der Waals surface area contributed by atoms with Crippen LogP contribution in [0.4, 0.5) is 5.69 Å². The van der Waals surface area contributed by atoms with Gasteiger partial charge in [-0.15, -0.1) is 0 Å². The third-order valence-corrected chi connectivity index (χ3v) is 1.76. The van der Waals surface area contributed by atoms with Gasteiger partial charge in [0, 0.05) is 5.69 Å². The molecule has 0 bridgehead atoms. The minimum absolute atomic E-state index is 0.587. The van der Waals surface area contributed by atoms with E-state index in [4.69, 9.17) is 5.84 Å². The Morgan fingerprint density at radius 3 is 2.67 bits per heavy atom. The van der Waals surface area contributed by atoms with Crippen LogP contribution in [0.2, 0.25) is 0 Å². The maximum atomic E-state index is 5.14. The Balaban J connectivity index is 2.72. The molecule has 0 aliphatic carbocycles. The number of hydrogen-bond acceptors (Lipinski definition) is 3. The van der Waals surface area contributed by atoms with Crippen LogP contribution in [0.3, 0.4) is 0 Å². The number of benzene rings is 1. The topological polar surface area (TPSA) is 50.1 Å². The Bertz CT molecular complexity index is 258. The number of rotatable bonds is 3. The molecule has 12 heavy (non-hydrogen) atoms. The van der Waals surface area contributed by atoms with E-state index in [-0.39, 0.29) is 0 Å². The highest BCUT2D eigenvalue weighted by Gasteiger charge is 1.95. The number of nitrogens with two attached hydrogens (primary N) is 1. The number of aryl methyl sites for hydroxylation is 2. The van der Waals surface area contributed by atoms with E-state index in [1.54, 1.807) is 0 Å². The molecule has 0 saturated heterocycles. The summed E-state index contributed by atoms with van der Waals surface area (Å²) in [6.07, 6.45) is 0. The van der Waals surface area contributed by atoms with Crippen LogP contribution in [-0.2, 0) is 0 Å². The van der Waals surface area contributed by atoms with Crippen LogP contribution in [0.5, 0.6) is 0 Å². The smallest absolute Gasteiger partial charge is 0.0780 e. The molecule has 66 valence electrons. The lowest BCUT2D eigenvalue weighted by molar-refractivity contribution is 0.789. The second-order valence-corrected chi connectivity index (χ2v) is 2.88. The minimum Gasteiger partial charge on any atom is -0.371 e. The molecule has 3 nitrogen and oxygen atoms in total. The zero-order valence-electron chi connectivity index (χ0n) is 7.52. The maximum absolute atomic E-state index is 5.14. The van der Waals surface area contributed by atoms with Crippen LogP contribution >= 0.6 is 0 Å². The SMILES string of the molecule is Cc1ccc(NCNN)c(C)c1. The van der Waals surface area contributed by atoms with E-state index in [1.165, 1.54) is 11.1 Å². The van der Waals surface area contributed by atoms with Gasteiger partial charge in [-0.1, -0.05) is 17.7 Å². The number of nitrogens with one attached hydrogen (secondary N) is 2. The standard InChI is InChI=1S/C9H15N3/c1-7-3-4-9(8(2)5-7)11-6-12-10/h3-5,11-12H,6,10H2,1-2H3. The first-order chi connectivity index (χ1) is 5.74. The van der Waals surface area contributed by atoms with Crippen molar-refractivity contribution in [2.75, 3.05) is 12.0 Å². The van der Waals surface area contributed by atoms with E-state index in [9.17, 15) is 0 Å². The van der Waals surface area contributed by atoms with Gasteiger partial charge in [0.05, 0.1) is 6.67 Å². The van der Waals surface area contributed by atoms with Gasteiger partial charge in [0.25, 0.3) is 0 Å². The zero-order valence-corrected chi connectivity index (χ0v) is 7.52. The quantitative estimate of drug-likeness (QED) is 0.357. The molecule has 0 aromatic heterocycles. The molecular formula is C9H15N3. The molecule has 1 rings (SSSR count). The lowest BCUT2D eigenvalue weighted by Gasteiger charge is -2.08. The van der Waals surface area contributed by atoms with Gasteiger partial charge >= 0.3 is 0 Å². The summed E-state index contributed by atoms with van der Waals surface area (Å²) in [4.78, 5) is 0. The van der Waals surface area contributed by atoms with Gasteiger partial charge in [0.15, 0.2) is 0 Å². The molecule has 4 N–H and O–H groups in total. The van der Waals surface area contributed by atoms with Crippen molar-refractivity contribution >= 4 is 5.69 Å². The Labute approximate surface area is 72.9 Å². The van der Waals surface area contributed by atoms with Crippen molar-refractivity contribution in [3.8, 4) is 0 Å². The monoisotopic (exact) mass is 165 g/mol. The van der Waals surface area contributed by atoms with E-state index >= 15 is 0 Å². The molecule has 0 amide bonds. The van der Waals surface area contributed by atoms with Crippen molar-refractivity contribution in [2.45, 2.75) is 13.8 Å². The number of hydrazine groups is 1. The average molecular weight is 165 g/mol. The molecule has 1 aromatic carbocycles. The van der Waals surface area contributed by atoms with Crippen LogP contribution in [0.1, 0.15) is 11.1 Å². The summed E-state index contributed by atoms with van der Waals surface area (Å²) in [5, 5.41) is 3.15. The molecule has 0 unspecified atom stereocenters. The van der Waals surface area contributed by atoms with Gasteiger partial charge < -0.3 is 5.32 Å². The molecular weight excluding hydrogens is 150 g/mol. The first-order valence-corrected chi connectivity index (χ1v) is 3.98. The van der Waals surface area contributed by atoms with Gasteiger partial charge in [-0.3, -0.25) is 5.84 Å². The van der Waals surface area contributed by atoms with E-state index in [0.29, 0.717) is 6.67 Å². The second-order valence-electron chi connectivity index (χ2n) is 2.88. The summed E-state index contributed by atoms with van der Waals surface area (Å²) in [6, 6.07) is 6.27. The highest BCUT2D eigenvalue weighted by atomic mass is 15.3. The third-order valence-electron chi connectivity index (χ3n) is 1.76. The fourth-order valence-electron chi connectivity index (χ4n) is 1.16. The van der Waals surface area contributed by atoms with Gasteiger partial charge in [-0.05, 0) is 25.5 Å². The van der Waals surface area contributed by atoms with E-state index in [1.807, 2.05) is 0 Å². The van der Waals surface area contributed by atoms with Gasteiger partial charge in [-0.25, -0.2) is 5.43 Å². The van der Waals surface area contributed by atoms with Crippen LogP contribution in [0.15, 0.2) is 18.2 Å². The van der Waals surface area contributed by atoms with E-state index in [2.05, 4.69) is 42.8 Å². The Morgan fingerprint density at radius 1 is 1.33 bits per heavy atom. The third kappa shape index (κ3) is 2.22. The lowest BCUT2D eigenvalue weighted by Crippen LogP contribution is -2.28. The molecule has 0 saturated carbocycles. The molecule has 0 aliphatic heterocycles. The van der Waals surface area contributed by atoms with Crippen molar-refractivity contribution < 1.29 is 0 Å². The van der Waals surface area contributed by atoms with Crippen LogP contribution in [0, 0.1) is 13.8 Å². The minimum atomic E-state index is 0.587.